The highest BCUT2D eigenvalue weighted by atomic mass is 16.6. The Kier molecular flexibility index (Phi) is 11.2. The number of nitrogens with one attached hydrogen (secondary N) is 3. The highest BCUT2D eigenvalue weighted by Gasteiger charge is 2.39. The van der Waals surface area contributed by atoms with Crippen LogP contribution in [-0.2, 0) is 20.9 Å². The van der Waals surface area contributed by atoms with E-state index in [0.29, 0.717) is 31.9 Å². The number of carbonyl (C=O) groups excluding carboxylic acids is 3. The van der Waals surface area contributed by atoms with Gasteiger partial charge in [0, 0.05) is 25.6 Å². The van der Waals surface area contributed by atoms with Gasteiger partial charge in [-0.3, -0.25) is 9.59 Å². The Hall–Kier alpha value is -5.75. The normalized spacial score (nSPS) is 18.1. The largest absolute Gasteiger partial charge is 0.436 e. The van der Waals surface area contributed by atoms with Crippen molar-refractivity contribution in [2.75, 3.05) is 19.6 Å². The third-order valence-corrected chi connectivity index (χ3v) is 10.8. The summed E-state index contributed by atoms with van der Waals surface area (Å²) in [6.45, 7) is 6.09. The standard InChI is InChI=1S/C42H48N8O4/c1-3-27(2)38(54-42(43)53)41(52)50-22-8-12-36(50)40-46-25-34(48-40)32-19-15-30(16-20-32)29-13-17-31(18-14-29)33-24-45-39(47-33)35-11-7-21-49(35)37(51)26-44-23-28-9-5-4-6-10-28/h4-6,9-10,13-20,24-25,27,35-36,38,44H,3,7-8,11-12,21-23,26H2,1-2H3,(H2,43,53)(H,45,47)(H,46,48)/t27?,35-,36-,38-/m0/s1. The topological polar surface area (TPSA) is 162 Å². The number of amides is 3. The molecule has 2 fully saturated rings. The zero-order valence-electron chi connectivity index (χ0n) is 30.8. The van der Waals surface area contributed by atoms with Gasteiger partial charge in [-0.15, -0.1) is 0 Å². The molecule has 2 saturated heterocycles. The van der Waals surface area contributed by atoms with Crippen molar-refractivity contribution in [1.29, 1.82) is 0 Å². The molecule has 12 heteroatoms. The number of ether oxygens (including phenoxy) is 1. The van der Waals surface area contributed by atoms with E-state index >= 15 is 0 Å². The fourth-order valence-electron chi connectivity index (χ4n) is 7.58. The SMILES string of the molecule is CCC(C)[C@H](OC(N)=O)C(=O)N1CCC[C@H]1c1ncc(-c2ccc(-c3ccc(-c4cnc([C@@H]5CCCN5C(=O)CNCc5ccccc5)[nH]4)cc3)cc2)[nH]1. The second kappa shape index (κ2) is 16.5. The molecule has 4 heterocycles. The Balaban J connectivity index is 0.969. The molecule has 0 spiro atoms. The maximum Gasteiger partial charge on any atom is 0.405 e. The van der Waals surface area contributed by atoms with Crippen molar-refractivity contribution in [3.63, 3.8) is 0 Å². The summed E-state index contributed by atoms with van der Waals surface area (Å²) in [5.74, 6) is 1.23. The summed E-state index contributed by atoms with van der Waals surface area (Å²) in [6, 6.07) is 26.5. The minimum absolute atomic E-state index is 0.0574. The third kappa shape index (κ3) is 8.08. The predicted molar refractivity (Wildman–Crippen MR) is 206 cm³/mol. The van der Waals surface area contributed by atoms with Crippen LogP contribution >= 0.6 is 0 Å². The zero-order chi connectivity index (χ0) is 37.6. The molecule has 54 heavy (non-hydrogen) atoms. The number of likely N-dealkylation sites (tertiary alicyclic amines) is 2. The first-order chi connectivity index (χ1) is 26.3. The molecule has 12 nitrogen and oxygen atoms in total. The Morgan fingerprint density at radius 1 is 0.796 bits per heavy atom. The summed E-state index contributed by atoms with van der Waals surface area (Å²) < 4.78 is 5.26. The number of carbonyl (C=O) groups is 3. The van der Waals surface area contributed by atoms with E-state index in [-0.39, 0.29) is 29.8 Å². The summed E-state index contributed by atoms with van der Waals surface area (Å²) in [4.78, 5) is 58.2. The number of nitrogens with zero attached hydrogens (tertiary/aromatic N) is 4. The maximum absolute atomic E-state index is 13.5. The van der Waals surface area contributed by atoms with Crippen molar-refractivity contribution in [3.05, 3.63) is 108 Å². The molecule has 5 N–H and O–H groups in total. The van der Waals surface area contributed by atoms with Gasteiger partial charge in [0.15, 0.2) is 6.10 Å². The van der Waals surface area contributed by atoms with E-state index in [2.05, 4.69) is 80.9 Å². The lowest BCUT2D eigenvalue weighted by Gasteiger charge is -2.29. The smallest absolute Gasteiger partial charge is 0.405 e. The van der Waals surface area contributed by atoms with E-state index in [0.717, 1.165) is 77.3 Å². The van der Waals surface area contributed by atoms with Crippen molar-refractivity contribution in [1.82, 2.24) is 35.1 Å². The first kappa shape index (κ1) is 36.6. The third-order valence-electron chi connectivity index (χ3n) is 10.8. The quantitative estimate of drug-likeness (QED) is 0.104. The lowest BCUT2D eigenvalue weighted by molar-refractivity contribution is -0.144. The summed E-state index contributed by atoms with van der Waals surface area (Å²) >= 11 is 0. The van der Waals surface area contributed by atoms with Crippen LogP contribution in [0.3, 0.4) is 0 Å². The Labute approximate surface area is 315 Å². The summed E-state index contributed by atoms with van der Waals surface area (Å²) in [5.41, 5.74) is 12.4. The summed E-state index contributed by atoms with van der Waals surface area (Å²) in [5, 5.41) is 3.29. The Morgan fingerprint density at radius 2 is 1.31 bits per heavy atom. The van der Waals surface area contributed by atoms with Gasteiger partial charge in [0.2, 0.25) is 5.91 Å². The number of rotatable bonds is 13. The van der Waals surface area contributed by atoms with Crippen LogP contribution < -0.4 is 11.1 Å². The van der Waals surface area contributed by atoms with Gasteiger partial charge in [0.05, 0.1) is 42.4 Å². The molecule has 0 saturated carbocycles. The van der Waals surface area contributed by atoms with Gasteiger partial charge in [-0.1, -0.05) is 92.7 Å². The van der Waals surface area contributed by atoms with E-state index in [1.165, 1.54) is 0 Å². The van der Waals surface area contributed by atoms with Crippen LogP contribution in [0.1, 0.15) is 75.2 Å². The average molecular weight is 729 g/mol. The molecule has 0 radical (unpaired) electrons. The molecule has 280 valence electrons. The van der Waals surface area contributed by atoms with Gasteiger partial charge in [-0.2, -0.15) is 0 Å². The van der Waals surface area contributed by atoms with E-state index < -0.39 is 12.2 Å². The van der Waals surface area contributed by atoms with E-state index in [9.17, 15) is 14.4 Å². The number of hydrogen-bond acceptors (Lipinski definition) is 7. The van der Waals surface area contributed by atoms with Crippen molar-refractivity contribution in [3.8, 4) is 33.6 Å². The lowest BCUT2D eigenvalue weighted by atomic mass is 10.00. The number of aromatic nitrogens is 4. The van der Waals surface area contributed by atoms with Crippen molar-refractivity contribution in [2.24, 2.45) is 11.7 Å². The molecule has 2 aliphatic rings. The molecule has 1 unspecified atom stereocenters. The maximum atomic E-state index is 13.5. The van der Waals surface area contributed by atoms with Crippen LogP contribution in [-0.4, -0.2) is 73.4 Å². The number of aromatic amines is 2. The van der Waals surface area contributed by atoms with Gasteiger partial charge in [-0.25, -0.2) is 14.8 Å². The number of imidazole rings is 2. The number of primary amides is 1. The van der Waals surface area contributed by atoms with Crippen LogP contribution in [0.25, 0.3) is 33.6 Å². The van der Waals surface area contributed by atoms with E-state index in [1.54, 1.807) is 11.1 Å². The number of benzene rings is 3. The molecule has 5 aromatic rings. The monoisotopic (exact) mass is 728 g/mol. The van der Waals surface area contributed by atoms with Gasteiger partial charge < -0.3 is 35.6 Å². The zero-order valence-corrected chi connectivity index (χ0v) is 30.8. The fraction of sp³-hybridized carbons (Fsp3) is 0.357. The highest BCUT2D eigenvalue weighted by molar-refractivity contribution is 5.84. The fourth-order valence-corrected chi connectivity index (χ4v) is 7.58. The Morgan fingerprint density at radius 3 is 1.85 bits per heavy atom. The van der Waals surface area contributed by atoms with Crippen molar-refractivity contribution in [2.45, 2.75) is 70.7 Å². The van der Waals surface area contributed by atoms with Crippen molar-refractivity contribution >= 4 is 17.9 Å². The molecule has 4 atom stereocenters. The summed E-state index contributed by atoms with van der Waals surface area (Å²) in [6.07, 6.45) is 5.91. The van der Waals surface area contributed by atoms with E-state index in [1.807, 2.05) is 43.1 Å². The van der Waals surface area contributed by atoms with Crippen LogP contribution in [0, 0.1) is 5.92 Å². The van der Waals surface area contributed by atoms with Gasteiger partial charge >= 0.3 is 6.09 Å². The average Bonchev–Trinajstić information content (AvgIpc) is 4.04. The minimum atomic E-state index is -0.944. The molecule has 0 aliphatic carbocycles. The van der Waals surface area contributed by atoms with Gasteiger partial charge in [0.1, 0.15) is 11.6 Å². The van der Waals surface area contributed by atoms with E-state index in [4.69, 9.17) is 15.5 Å². The predicted octanol–water partition coefficient (Wildman–Crippen LogP) is 6.76. The molecule has 0 bridgehead atoms. The molecule has 2 aliphatic heterocycles. The molecular formula is C42H48N8O4. The first-order valence-electron chi connectivity index (χ1n) is 18.9. The second-order valence-electron chi connectivity index (χ2n) is 14.3. The summed E-state index contributed by atoms with van der Waals surface area (Å²) in [7, 11) is 0. The highest BCUT2D eigenvalue weighted by Crippen LogP contribution is 2.35. The van der Waals surface area contributed by atoms with Crippen LogP contribution in [0.5, 0.6) is 0 Å². The lowest BCUT2D eigenvalue weighted by Crippen LogP contribution is -2.45. The molecule has 7 rings (SSSR count). The number of hydrogen-bond donors (Lipinski definition) is 4. The molecule has 3 aromatic carbocycles. The molecule has 2 aromatic heterocycles. The Bertz CT molecular complexity index is 2040. The minimum Gasteiger partial charge on any atom is -0.436 e. The van der Waals surface area contributed by atoms with Crippen LogP contribution in [0.4, 0.5) is 4.79 Å². The van der Waals surface area contributed by atoms with Crippen LogP contribution in [0.15, 0.2) is 91.3 Å². The first-order valence-corrected chi connectivity index (χ1v) is 18.9. The second-order valence-corrected chi connectivity index (χ2v) is 14.3. The van der Waals surface area contributed by atoms with Gasteiger partial charge in [-0.05, 0) is 59.9 Å². The molecule has 3 amide bonds. The van der Waals surface area contributed by atoms with Gasteiger partial charge in [0.25, 0.3) is 5.91 Å². The molecular weight excluding hydrogens is 681 g/mol. The van der Waals surface area contributed by atoms with Crippen LogP contribution in [0.2, 0.25) is 0 Å². The van der Waals surface area contributed by atoms with Crippen molar-refractivity contribution < 1.29 is 19.1 Å². The number of H-pyrrole nitrogens is 2. The number of nitrogens with two attached hydrogens (primary N) is 1.